The molecule has 0 heterocycles. The number of halogens is 1. The highest BCUT2D eigenvalue weighted by Gasteiger charge is 2.16. The summed E-state index contributed by atoms with van der Waals surface area (Å²) in [6, 6.07) is 5.47. The smallest absolute Gasteiger partial charge is 0.325 e. The fourth-order valence-corrected chi connectivity index (χ4v) is 1.62. The Morgan fingerprint density at radius 1 is 1.45 bits per heavy atom. The molecule has 0 fully saturated rings. The van der Waals surface area contributed by atoms with Gasteiger partial charge < -0.3 is 10.1 Å². The minimum atomic E-state index is -0.706. The number of ether oxygens (including phenoxy) is 1. The number of unbranched alkanes of at least 4 members (excludes halogenated alkanes) is 1. The zero-order chi connectivity index (χ0) is 16.5. The quantitative estimate of drug-likeness (QED) is 0.353. The van der Waals surface area contributed by atoms with Crippen molar-refractivity contribution in [2.75, 3.05) is 13.2 Å². The molecule has 0 aliphatic heterocycles. The highest BCUT2D eigenvalue weighted by atomic mass is 35.5. The maximum Gasteiger partial charge on any atom is 0.325 e. The lowest BCUT2D eigenvalue weighted by Crippen LogP contribution is -2.30. The van der Waals surface area contributed by atoms with Crippen LogP contribution < -0.4 is 5.32 Å². The van der Waals surface area contributed by atoms with Gasteiger partial charge in [0.1, 0.15) is 11.6 Å². The van der Waals surface area contributed by atoms with Gasteiger partial charge in [-0.2, -0.15) is 5.26 Å². The molecule has 116 valence electrons. The van der Waals surface area contributed by atoms with Crippen LogP contribution in [0.15, 0.2) is 18.2 Å². The van der Waals surface area contributed by atoms with E-state index >= 15 is 0 Å². The van der Waals surface area contributed by atoms with E-state index in [1.165, 1.54) is 12.1 Å². The number of hydrogen-bond acceptors (Lipinski definition) is 6. The van der Waals surface area contributed by atoms with E-state index in [-0.39, 0.29) is 30.2 Å². The van der Waals surface area contributed by atoms with Crippen LogP contribution in [0.3, 0.4) is 0 Å². The van der Waals surface area contributed by atoms with Crippen LogP contribution in [-0.4, -0.2) is 30.0 Å². The molecular weight excluding hydrogens is 314 g/mol. The van der Waals surface area contributed by atoms with Crippen molar-refractivity contribution >= 4 is 29.2 Å². The molecule has 1 N–H and O–H groups in total. The largest absolute Gasteiger partial charge is 0.464 e. The number of carbonyl (C=O) groups is 2. The Kier molecular flexibility index (Phi) is 6.79. The van der Waals surface area contributed by atoms with Gasteiger partial charge >= 0.3 is 5.97 Å². The summed E-state index contributed by atoms with van der Waals surface area (Å²) in [5, 5.41) is 21.2. The van der Waals surface area contributed by atoms with Crippen molar-refractivity contribution in [2.45, 2.75) is 12.8 Å². The fourth-order valence-electron chi connectivity index (χ4n) is 1.44. The molecule has 0 aliphatic rings. The van der Waals surface area contributed by atoms with Crippen LogP contribution >= 0.6 is 11.6 Å². The van der Waals surface area contributed by atoms with Crippen molar-refractivity contribution in [1.82, 2.24) is 5.32 Å². The van der Waals surface area contributed by atoms with Crippen molar-refractivity contribution < 1.29 is 19.2 Å². The number of nitriles is 1. The predicted octanol–water partition coefficient (Wildman–Crippen LogP) is 1.82. The summed E-state index contributed by atoms with van der Waals surface area (Å²) in [7, 11) is 0. The monoisotopic (exact) mass is 325 g/mol. The molecule has 0 radical (unpaired) electrons. The molecule has 1 aromatic rings. The van der Waals surface area contributed by atoms with E-state index in [1.807, 2.05) is 6.07 Å². The van der Waals surface area contributed by atoms with Crippen molar-refractivity contribution in [3.8, 4) is 6.07 Å². The van der Waals surface area contributed by atoms with Gasteiger partial charge in [-0.3, -0.25) is 19.7 Å². The number of esters is 1. The molecule has 0 bridgehead atoms. The van der Waals surface area contributed by atoms with Gasteiger partial charge in [-0.15, -0.1) is 0 Å². The van der Waals surface area contributed by atoms with Crippen LogP contribution in [0, 0.1) is 21.4 Å². The molecule has 0 aliphatic carbocycles. The molecule has 22 heavy (non-hydrogen) atoms. The van der Waals surface area contributed by atoms with Gasteiger partial charge in [0, 0.05) is 18.1 Å². The molecule has 9 heteroatoms. The number of amides is 1. The standard InChI is InChI=1S/C13H12ClN3O5/c14-10-4-3-9(7-11(10)17(20)21)13(19)16-8-12(18)22-6-2-1-5-15/h3-4,7H,1-2,6,8H2,(H,16,19). The second-order valence-corrected chi connectivity index (χ2v) is 4.50. The third-order valence-corrected chi connectivity index (χ3v) is 2.81. The molecule has 1 amide bonds. The summed E-state index contributed by atoms with van der Waals surface area (Å²) in [4.78, 5) is 33.1. The number of hydrogen-bond donors (Lipinski definition) is 1. The third kappa shape index (κ3) is 5.38. The van der Waals surface area contributed by atoms with E-state index in [0.717, 1.165) is 6.07 Å². The molecule has 0 spiro atoms. The first-order chi connectivity index (χ1) is 10.5. The minimum Gasteiger partial charge on any atom is -0.464 e. The van der Waals surface area contributed by atoms with E-state index in [0.29, 0.717) is 6.42 Å². The number of nitro groups is 1. The van der Waals surface area contributed by atoms with Gasteiger partial charge in [0.05, 0.1) is 17.6 Å². The fraction of sp³-hybridized carbons (Fsp3) is 0.308. The predicted molar refractivity (Wildman–Crippen MR) is 76.2 cm³/mol. The highest BCUT2D eigenvalue weighted by molar-refractivity contribution is 6.32. The Labute approximate surface area is 130 Å². The molecule has 1 aromatic carbocycles. The van der Waals surface area contributed by atoms with Crippen LogP contribution in [0.25, 0.3) is 0 Å². The van der Waals surface area contributed by atoms with Gasteiger partial charge in [-0.1, -0.05) is 11.6 Å². The van der Waals surface area contributed by atoms with Gasteiger partial charge in [-0.05, 0) is 18.6 Å². The first-order valence-electron chi connectivity index (χ1n) is 6.20. The van der Waals surface area contributed by atoms with E-state index in [4.69, 9.17) is 21.6 Å². The molecule has 0 saturated heterocycles. The van der Waals surface area contributed by atoms with Crippen LogP contribution in [-0.2, 0) is 9.53 Å². The van der Waals surface area contributed by atoms with Crippen molar-refractivity contribution in [3.63, 3.8) is 0 Å². The third-order valence-electron chi connectivity index (χ3n) is 2.49. The average molecular weight is 326 g/mol. The maximum absolute atomic E-state index is 11.8. The molecule has 1 rings (SSSR count). The van der Waals surface area contributed by atoms with Crippen LogP contribution in [0.2, 0.25) is 5.02 Å². The van der Waals surface area contributed by atoms with Gasteiger partial charge in [0.25, 0.3) is 11.6 Å². The number of nitrogens with one attached hydrogen (secondary N) is 1. The van der Waals surface area contributed by atoms with E-state index < -0.39 is 22.5 Å². The maximum atomic E-state index is 11.8. The second-order valence-electron chi connectivity index (χ2n) is 4.09. The van der Waals surface area contributed by atoms with E-state index in [9.17, 15) is 19.7 Å². The molecule has 0 atom stereocenters. The second kappa shape index (κ2) is 8.59. The van der Waals surface area contributed by atoms with Crippen LogP contribution in [0.4, 0.5) is 5.69 Å². The minimum absolute atomic E-state index is 0.00776. The summed E-state index contributed by atoms with van der Waals surface area (Å²) in [5.41, 5.74) is -0.387. The van der Waals surface area contributed by atoms with Crippen molar-refractivity contribution in [1.29, 1.82) is 5.26 Å². The average Bonchev–Trinajstić information content (AvgIpc) is 2.49. The first kappa shape index (κ1) is 17.4. The summed E-state index contributed by atoms with van der Waals surface area (Å²) < 4.78 is 4.78. The number of carbonyl (C=O) groups excluding carboxylic acids is 2. The zero-order valence-electron chi connectivity index (χ0n) is 11.4. The Balaban J connectivity index is 2.52. The molecule has 8 nitrogen and oxygen atoms in total. The molecule has 0 aromatic heterocycles. The lowest BCUT2D eigenvalue weighted by atomic mass is 10.2. The van der Waals surface area contributed by atoms with Gasteiger partial charge in [-0.25, -0.2) is 0 Å². The summed E-state index contributed by atoms with van der Waals surface area (Å²) in [6.07, 6.45) is 0.688. The van der Waals surface area contributed by atoms with Crippen LogP contribution in [0.5, 0.6) is 0 Å². The lowest BCUT2D eigenvalue weighted by Gasteiger charge is -2.06. The number of nitro benzene ring substituents is 1. The van der Waals surface area contributed by atoms with Gasteiger partial charge in [0.2, 0.25) is 0 Å². The Bertz CT molecular complexity index is 627. The summed E-state index contributed by atoms with van der Waals surface area (Å²) in [6.45, 7) is -0.281. The van der Waals surface area contributed by atoms with Crippen LogP contribution in [0.1, 0.15) is 23.2 Å². The lowest BCUT2D eigenvalue weighted by molar-refractivity contribution is -0.384. The van der Waals surface area contributed by atoms with E-state index in [1.54, 1.807) is 0 Å². The van der Waals surface area contributed by atoms with Gasteiger partial charge in [0.15, 0.2) is 0 Å². The zero-order valence-corrected chi connectivity index (χ0v) is 12.1. The topological polar surface area (TPSA) is 122 Å². The summed E-state index contributed by atoms with van der Waals surface area (Å²) >= 11 is 5.64. The number of nitrogens with zero attached hydrogens (tertiary/aromatic N) is 2. The SMILES string of the molecule is N#CCCCOC(=O)CNC(=O)c1ccc(Cl)c([N+](=O)[O-])c1. The number of benzene rings is 1. The van der Waals surface area contributed by atoms with E-state index in [2.05, 4.69) is 5.32 Å². The normalized spacial score (nSPS) is 9.64. The molecule has 0 unspecified atom stereocenters. The highest BCUT2D eigenvalue weighted by Crippen LogP contribution is 2.24. The Hall–Kier alpha value is -2.66. The van der Waals surface area contributed by atoms with Crippen molar-refractivity contribution in [3.05, 3.63) is 38.9 Å². The molecule has 0 saturated carbocycles. The Morgan fingerprint density at radius 2 is 2.18 bits per heavy atom. The Morgan fingerprint density at radius 3 is 2.82 bits per heavy atom. The molecular formula is C13H12ClN3O5. The van der Waals surface area contributed by atoms with Crippen molar-refractivity contribution in [2.24, 2.45) is 0 Å². The number of rotatable bonds is 7. The first-order valence-corrected chi connectivity index (χ1v) is 6.58. The summed E-state index contributed by atoms with van der Waals surface area (Å²) in [5.74, 6) is -1.32.